The molecule has 1 aliphatic rings. The van der Waals surface area contributed by atoms with Gasteiger partial charge in [0.2, 0.25) is 0 Å². The predicted molar refractivity (Wildman–Crippen MR) is 102 cm³/mol. The van der Waals surface area contributed by atoms with Crippen LogP contribution in [0.1, 0.15) is 33.7 Å². The summed E-state index contributed by atoms with van der Waals surface area (Å²) < 4.78 is 15.6. The van der Waals surface area contributed by atoms with Gasteiger partial charge in [-0.1, -0.05) is 35.9 Å². The molecule has 0 saturated heterocycles. The number of halogens is 2. The number of rotatable bonds is 4. The SMILES string of the molecule is O=C(N/N=C/c1c(F)cccc1Cl)c1nn(-c2ccccc2)c2c1CCC2. The van der Waals surface area contributed by atoms with Gasteiger partial charge in [-0.05, 0) is 43.5 Å². The molecule has 1 aromatic heterocycles. The van der Waals surface area contributed by atoms with Crippen LogP contribution in [-0.4, -0.2) is 21.9 Å². The second-order valence-electron chi connectivity index (χ2n) is 6.21. The van der Waals surface area contributed by atoms with E-state index in [-0.39, 0.29) is 10.6 Å². The van der Waals surface area contributed by atoms with E-state index in [1.165, 1.54) is 18.3 Å². The maximum atomic E-state index is 13.8. The average molecular weight is 383 g/mol. The van der Waals surface area contributed by atoms with Gasteiger partial charge in [-0.3, -0.25) is 4.79 Å². The Bertz CT molecular complexity index is 1010. The molecule has 0 bridgehead atoms. The van der Waals surface area contributed by atoms with Gasteiger partial charge in [0.05, 0.1) is 16.9 Å². The first-order chi connectivity index (χ1) is 13.1. The zero-order valence-corrected chi connectivity index (χ0v) is 15.1. The summed E-state index contributed by atoms with van der Waals surface area (Å²) in [6, 6.07) is 14.0. The topological polar surface area (TPSA) is 59.3 Å². The van der Waals surface area contributed by atoms with Gasteiger partial charge in [0.25, 0.3) is 5.91 Å². The predicted octanol–water partition coefficient (Wildman–Crippen LogP) is 3.92. The molecule has 1 aliphatic carbocycles. The zero-order chi connectivity index (χ0) is 18.8. The van der Waals surface area contributed by atoms with Crippen molar-refractivity contribution in [2.75, 3.05) is 0 Å². The number of nitrogens with zero attached hydrogens (tertiary/aromatic N) is 3. The molecule has 0 fully saturated rings. The maximum Gasteiger partial charge on any atom is 0.292 e. The summed E-state index contributed by atoms with van der Waals surface area (Å²) in [6.07, 6.45) is 3.85. The largest absolute Gasteiger partial charge is 0.292 e. The Morgan fingerprint density at radius 1 is 1.19 bits per heavy atom. The van der Waals surface area contributed by atoms with Crippen molar-refractivity contribution in [3.8, 4) is 5.69 Å². The van der Waals surface area contributed by atoms with E-state index in [2.05, 4.69) is 15.6 Å². The number of benzene rings is 2. The monoisotopic (exact) mass is 382 g/mol. The van der Waals surface area contributed by atoms with Crippen molar-refractivity contribution in [1.29, 1.82) is 0 Å². The average Bonchev–Trinajstić information content (AvgIpc) is 3.27. The Kier molecular flexibility index (Phi) is 4.73. The lowest BCUT2D eigenvalue weighted by atomic mass is 10.2. The number of carbonyl (C=O) groups excluding carboxylic acids is 1. The highest BCUT2D eigenvalue weighted by molar-refractivity contribution is 6.33. The lowest BCUT2D eigenvalue weighted by molar-refractivity contribution is 0.0949. The van der Waals surface area contributed by atoms with Crippen LogP contribution < -0.4 is 5.43 Å². The van der Waals surface area contributed by atoms with E-state index < -0.39 is 11.7 Å². The molecule has 5 nitrogen and oxygen atoms in total. The van der Waals surface area contributed by atoms with Crippen molar-refractivity contribution >= 4 is 23.7 Å². The first-order valence-corrected chi connectivity index (χ1v) is 8.96. The highest BCUT2D eigenvalue weighted by Gasteiger charge is 2.26. The van der Waals surface area contributed by atoms with E-state index >= 15 is 0 Å². The Morgan fingerprint density at radius 3 is 2.78 bits per heavy atom. The number of carbonyl (C=O) groups is 1. The van der Waals surface area contributed by atoms with Gasteiger partial charge in [-0.15, -0.1) is 0 Å². The van der Waals surface area contributed by atoms with Crippen molar-refractivity contribution in [2.45, 2.75) is 19.3 Å². The quantitative estimate of drug-likeness (QED) is 0.549. The molecular formula is C20H16ClFN4O. The summed E-state index contributed by atoms with van der Waals surface area (Å²) in [5, 5.41) is 8.57. The molecule has 0 spiro atoms. The number of para-hydroxylation sites is 1. The summed E-state index contributed by atoms with van der Waals surface area (Å²) in [6.45, 7) is 0. The van der Waals surface area contributed by atoms with Crippen LogP contribution >= 0.6 is 11.6 Å². The van der Waals surface area contributed by atoms with Crippen molar-refractivity contribution in [1.82, 2.24) is 15.2 Å². The summed E-state index contributed by atoms with van der Waals surface area (Å²) in [4.78, 5) is 12.6. The number of hydrogen-bond acceptors (Lipinski definition) is 3. The second kappa shape index (κ2) is 7.32. The summed E-state index contributed by atoms with van der Waals surface area (Å²) in [5.41, 5.74) is 5.80. The van der Waals surface area contributed by atoms with Crippen LogP contribution in [-0.2, 0) is 12.8 Å². The molecule has 1 amide bonds. The summed E-state index contributed by atoms with van der Waals surface area (Å²) >= 11 is 5.95. The standard InChI is InChI=1S/C20H16ClFN4O/c21-16-9-5-10-17(22)15(16)12-23-24-20(27)19-14-8-4-11-18(14)26(25-19)13-6-2-1-3-7-13/h1-3,5-7,9-10,12H,4,8,11H2,(H,24,27)/b23-12+. The van der Waals surface area contributed by atoms with Gasteiger partial charge in [-0.25, -0.2) is 14.5 Å². The highest BCUT2D eigenvalue weighted by Crippen LogP contribution is 2.27. The summed E-state index contributed by atoms with van der Waals surface area (Å²) in [5.74, 6) is -0.929. The van der Waals surface area contributed by atoms with Crippen LogP contribution in [0, 0.1) is 5.82 Å². The third-order valence-corrected chi connectivity index (χ3v) is 4.84. The van der Waals surface area contributed by atoms with Gasteiger partial charge in [-0.2, -0.15) is 10.2 Å². The molecular weight excluding hydrogens is 367 g/mol. The van der Waals surface area contributed by atoms with Crippen LogP contribution in [0.3, 0.4) is 0 Å². The lowest BCUT2D eigenvalue weighted by Crippen LogP contribution is -2.20. The van der Waals surface area contributed by atoms with Crippen LogP contribution in [0.15, 0.2) is 53.6 Å². The number of fused-ring (bicyclic) bond motifs is 1. The molecule has 4 rings (SSSR count). The Hall–Kier alpha value is -2.99. The fraction of sp³-hybridized carbons (Fsp3) is 0.150. The molecule has 0 aliphatic heterocycles. The van der Waals surface area contributed by atoms with E-state index in [0.29, 0.717) is 5.69 Å². The molecule has 3 aromatic rings. The fourth-order valence-electron chi connectivity index (χ4n) is 3.24. The van der Waals surface area contributed by atoms with Gasteiger partial charge in [0.1, 0.15) is 5.82 Å². The van der Waals surface area contributed by atoms with Crippen LogP contribution in [0.4, 0.5) is 4.39 Å². The molecule has 7 heteroatoms. The zero-order valence-electron chi connectivity index (χ0n) is 14.3. The van der Waals surface area contributed by atoms with Gasteiger partial charge in [0.15, 0.2) is 5.69 Å². The number of hydrazone groups is 1. The van der Waals surface area contributed by atoms with Gasteiger partial charge in [0, 0.05) is 16.8 Å². The van der Waals surface area contributed by atoms with Crippen LogP contribution in [0.5, 0.6) is 0 Å². The first-order valence-electron chi connectivity index (χ1n) is 8.59. The molecule has 136 valence electrons. The number of aromatic nitrogens is 2. The molecule has 1 N–H and O–H groups in total. The third-order valence-electron chi connectivity index (χ3n) is 4.51. The number of nitrogens with one attached hydrogen (secondary N) is 1. The molecule has 2 aromatic carbocycles. The van der Waals surface area contributed by atoms with Gasteiger partial charge < -0.3 is 0 Å². The Morgan fingerprint density at radius 2 is 2.00 bits per heavy atom. The lowest BCUT2D eigenvalue weighted by Gasteiger charge is -2.04. The number of amides is 1. The van der Waals surface area contributed by atoms with E-state index in [0.717, 1.165) is 36.2 Å². The van der Waals surface area contributed by atoms with Crippen LogP contribution in [0.25, 0.3) is 5.69 Å². The molecule has 0 radical (unpaired) electrons. The van der Waals surface area contributed by atoms with Crippen LogP contribution in [0.2, 0.25) is 5.02 Å². The first kappa shape index (κ1) is 17.4. The minimum atomic E-state index is -0.505. The van der Waals surface area contributed by atoms with E-state index in [1.807, 2.05) is 35.0 Å². The maximum absolute atomic E-state index is 13.8. The van der Waals surface area contributed by atoms with Crippen molar-refractivity contribution in [3.63, 3.8) is 0 Å². The summed E-state index contributed by atoms with van der Waals surface area (Å²) in [7, 11) is 0. The minimum absolute atomic E-state index is 0.125. The normalized spacial score (nSPS) is 13.1. The molecule has 27 heavy (non-hydrogen) atoms. The van der Waals surface area contributed by atoms with Crippen molar-refractivity contribution in [3.05, 3.63) is 81.9 Å². The minimum Gasteiger partial charge on any atom is -0.265 e. The van der Waals surface area contributed by atoms with Crippen molar-refractivity contribution < 1.29 is 9.18 Å². The number of hydrogen-bond donors (Lipinski definition) is 1. The smallest absolute Gasteiger partial charge is 0.265 e. The second-order valence-corrected chi connectivity index (χ2v) is 6.62. The van der Waals surface area contributed by atoms with E-state index in [4.69, 9.17) is 11.6 Å². The van der Waals surface area contributed by atoms with E-state index in [9.17, 15) is 9.18 Å². The van der Waals surface area contributed by atoms with Crippen molar-refractivity contribution in [2.24, 2.45) is 5.10 Å². The highest BCUT2D eigenvalue weighted by atomic mass is 35.5. The molecule has 0 atom stereocenters. The third kappa shape index (κ3) is 3.36. The molecule has 0 saturated carbocycles. The Balaban J connectivity index is 1.59. The molecule has 0 unspecified atom stereocenters. The van der Waals surface area contributed by atoms with E-state index in [1.54, 1.807) is 6.07 Å². The fourth-order valence-corrected chi connectivity index (χ4v) is 3.46. The molecule has 1 heterocycles. The van der Waals surface area contributed by atoms with Gasteiger partial charge >= 0.3 is 0 Å². The Labute approximate surface area is 160 Å².